The first kappa shape index (κ1) is 16.3. The Morgan fingerprint density at radius 1 is 0.960 bits per heavy atom. The van der Waals surface area contributed by atoms with E-state index in [0.717, 1.165) is 69.2 Å². The van der Waals surface area contributed by atoms with Crippen LogP contribution in [0.15, 0.2) is 36.4 Å². The predicted octanol–water partition coefficient (Wildman–Crippen LogP) is 1.22. The number of para-hydroxylation sites is 1. The lowest BCUT2D eigenvalue weighted by molar-refractivity contribution is -0.133. The molecule has 0 bridgehead atoms. The van der Waals surface area contributed by atoms with Crippen LogP contribution in [0.25, 0.3) is 10.9 Å². The third-order valence-electron chi connectivity index (χ3n) is 5.00. The van der Waals surface area contributed by atoms with E-state index in [4.69, 9.17) is 9.72 Å². The van der Waals surface area contributed by atoms with Crippen LogP contribution in [0.5, 0.6) is 0 Å². The summed E-state index contributed by atoms with van der Waals surface area (Å²) in [5.74, 6) is 1.23. The molecule has 0 aliphatic carbocycles. The summed E-state index contributed by atoms with van der Waals surface area (Å²) in [7, 11) is 0. The van der Waals surface area contributed by atoms with Gasteiger partial charge in [-0.05, 0) is 18.2 Å². The van der Waals surface area contributed by atoms with Crippen LogP contribution >= 0.6 is 0 Å². The average molecular weight is 340 g/mol. The first-order valence-electron chi connectivity index (χ1n) is 8.98. The quantitative estimate of drug-likeness (QED) is 0.841. The van der Waals surface area contributed by atoms with Gasteiger partial charge in [-0.25, -0.2) is 4.98 Å². The van der Waals surface area contributed by atoms with Gasteiger partial charge in [-0.2, -0.15) is 0 Å². The van der Waals surface area contributed by atoms with Crippen molar-refractivity contribution in [3.8, 4) is 0 Å². The Morgan fingerprint density at radius 2 is 1.72 bits per heavy atom. The van der Waals surface area contributed by atoms with E-state index >= 15 is 0 Å². The molecule has 0 N–H and O–H groups in total. The summed E-state index contributed by atoms with van der Waals surface area (Å²) in [4.78, 5) is 23.7. The number of hydrogen-bond acceptors (Lipinski definition) is 5. The fourth-order valence-corrected chi connectivity index (χ4v) is 3.47. The van der Waals surface area contributed by atoms with E-state index in [1.165, 1.54) is 0 Å². The van der Waals surface area contributed by atoms with E-state index in [9.17, 15) is 4.79 Å². The van der Waals surface area contributed by atoms with Crippen LogP contribution in [0, 0.1) is 0 Å². The molecule has 25 heavy (non-hydrogen) atoms. The lowest BCUT2D eigenvalue weighted by Gasteiger charge is -2.37. The highest BCUT2D eigenvalue weighted by Crippen LogP contribution is 2.19. The molecule has 0 saturated carbocycles. The van der Waals surface area contributed by atoms with E-state index in [0.29, 0.717) is 6.54 Å². The molecule has 2 fully saturated rings. The molecular formula is C19H24N4O2. The molecular weight excluding hydrogens is 316 g/mol. The second kappa shape index (κ2) is 7.37. The third kappa shape index (κ3) is 3.75. The molecule has 0 atom stereocenters. The van der Waals surface area contributed by atoms with Gasteiger partial charge < -0.3 is 14.5 Å². The van der Waals surface area contributed by atoms with Gasteiger partial charge in [0.2, 0.25) is 5.91 Å². The number of fused-ring (bicyclic) bond motifs is 1. The summed E-state index contributed by atoms with van der Waals surface area (Å²) in [6.07, 6.45) is 0. The Balaban J connectivity index is 1.34. The van der Waals surface area contributed by atoms with Crippen LogP contribution < -0.4 is 4.90 Å². The number of carbonyl (C=O) groups excluding carboxylic acids is 1. The molecule has 6 heteroatoms. The molecule has 1 aromatic heterocycles. The minimum atomic E-state index is 0.230. The summed E-state index contributed by atoms with van der Waals surface area (Å²) >= 11 is 0. The largest absolute Gasteiger partial charge is 0.379 e. The number of rotatable bonds is 3. The fraction of sp³-hybridized carbons (Fsp3) is 0.474. The average Bonchev–Trinajstić information content (AvgIpc) is 2.68. The van der Waals surface area contributed by atoms with Crippen LogP contribution in [-0.4, -0.2) is 79.7 Å². The minimum absolute atomic E-state index is 0.230. The zero-order chi connectivity index (χ0) is 17.1. The zero-order valence-corrected chi connectivity index (χ0v) is 14.4. The van der Waals surface area contributed by atoms with E-state index in [1.807, 2.05) is 23.1 Å². The molecule has 3 heterocycles. The molecule has 0 unspecified atom stereocenters. The molecule has 1 amide bonds. The lowest BCUT2D eigenvalue weighted by Crippen LogP contribution is -2.52. The normalized spacial score (nSPS) is 19.4. The number of hydrogen-bond donors (Lipinski definition) is 0. The van der Waals surface area contributed by atoms with Crippen LogP contribution in [0.1, 0.15) is 0 Å². The van der Waals surface area contributed by atoms with Gasteiger partial charge in [-0.15, -0.1) is 0 Å². The highest BCUT2D eigenvalue weighted by molar-refractivity contribution is 5.80. The molecule has 2 saturated heterocycles. The third-order valence-corrected chi connectivity index (χ3v) is 5.00. The van der Waals surface area contributed by atoms with Gasteiger partial charge in [0.25, 0.3) is 0 Å². The number of pyridine rings is 1. The number of carbonyl (C=O) groups is 1. The monoisotopic (exact) mass is 340 g/mol. The topological polar surface area (TPSA) is 48.9 Å². The SMILES string of the molecule is O=C(CN1CCOCC1)N1CCN(c2ccc3ccccc3n2)CC1. The van der Waals surface area contributed by atoms with Crippen molar-refractivity contribution in [3.63, 3.8) is 0 Å². The van der Waals surface area contributed by atoms with Crippen molar-refractivity contribution in [2.45, 2.75) is 0 Å². The van der Waals surface area contributed by atoms with Gasteiger partial charge in [0, 0.05) is 44.7 Å². The summed E-state index contributed by atoms with van der Waals surface area (Å²) in [6, 6.07) is 12.4. The van der Waals surface area contributed by atoms with Crippen LogP contribution in [-0.2, 0) is 9.53 Å². The van der Waals surface area contributed by atoms with Crippen molar-refractivity contribution >= 4 is 22.6 Å². The maximum atomic E-state index is 12.5. The number of piperazine rings is 1. The Labute approximate surface area is 148 Å². The van der Waals surface area contributed by atoms with Gasteiger partial charge >= 0.3 is 0 Å². The predicted molar refractivity (Wildman–Crippen MR) is 97.8 cm³/mol. The number of ether oxygens (including phenoxy) is 1. The molecule has 1 aromatic carbocycles. The molecule has 2 aliphatic heterocycles. The molecule has 0 radical (unpaired) electrons. The van der Waals surface area contributed by atoms with Crippen molar-refractivity contribution in [2.75, 3.05) is 63.9 Å². The van der Waals surface area contributed by atoms with Crippen LogP contribution in [0.4, 0.5) is 5.82 Å². The van der Waals surface area contributed by atoms with Gasteiger partial charge in [-0.3, -0.25) is 9.69 Å². The Kier molecular flexibility index (Phi) is 4.81. The number of benzene rings is 1. The van der Waals surface area contributed by atoms with Crippen molar-refractivity contribution in [1.29, 1.82) is 0 Å². The number of aromatic nitrogens is 1. The minimum Gasteiger partial charge on any atom is -0.379 e. The Morgan fingerprint density at radius 3 is 2.52 bits per heavy atom. The Hall–Kier alpha value is -2.18. The van der Waals surface area contributed by atoms with Gasteiger partial charge in [0.1, 0.15) is 5.82 Å². The van der Waals surface area contributed by atoms with Crippen molar-refractivity contribution in [2.24, 2.45) is 0 Å². The molecule has 2 aliphatic rings. The summed E-state index contributed by atoms with van der Waals surface area (Å²) in [5, 5.41) is 1.16. The maximum Gasteiger partial charge on any atom is 0.236 e. The molecule has 2 aromatic rings. The Bertz CT molecular complexity index is 737. The molecule has 4 rings (SSSR count). The van der Waals surface area contributed by atoms with Crippen molar-refractivity contribution < 1.29 is 9.53 Å². The molecule has 132 valence electrons. The van der Waals surface area contributed by atoms with Gasteiger partial charge in [0.15, 0.2) is 0 Å². The lowest BCUT2D eigenvalue weighted by atomic mass is 10.2. The summed E-state index contributed by atoms with van der Waals surface area (Å²) < 4.78 is 5.34. The number of amides is 1. The van der Waals surface area contributed by atoms with E-state index < -0.39 is 0 Å². The van der Waals surface area contributed by atoms with Crippen LogP contribution in [0.2, 0.25) is 0 Å². The van der Waals surface area contributed by atoms with Gasteiger partial charge in [0.05, 0.1) is 25.3 Å². The second-order valence-electron chi connectivity index (χ2n) is 6.62. The van der Waals surface area contributed by atoms with Crippen molar-refractivity contribution in [3.05, 3.63) is 36.4 Å². The maximum absolute atomic E-state index is 12.5. The standard InChI is InChI=1S/C19H24N4O2/c24-19(15-21-11-13-25-14-12-21)23-9-7-22(8-10-23)18-6-5-16-3-1-2-4-17(16)20-18/h1-6H,7-15H2. The first-order valence-corrected chi connectivity index (χ1v) is 8.98. The van der Waals surface area contributed by atoms with E-state index in [-0.39, 0.29) is 5.91 Å². The smallest absolute Gasteiger partial charge is 0.236 e. The van der Waals surface area contributed by atoms with Gasteiger partial charge in [-0.1, -0.05) is 18.2 Å². The summed E-state index contributed by atoms with van der Waals surface area (Å²) in [6.45, 7) is 6.87. The number of anilines is 1. The molecule has 6 nitrogen and oxygen atoms in total. The van der Waals surface area contributed by atoms with Crippen LogP contribution in [0.3, 0.4) is 0 Å². The molecule has 0 spiro atoms. The first-order chi connectivity index (χ1) is 12.3. The number of nitrogens with zero attached hydrogens (tertiary/aromatic N) is 4. The van der Waals surface area contributed by atoms with E-state index in [2.05, 4.69) is 28.0 Å². The zero-order valence-electron chi connectivity index (χ0n) is 14.4. The highest BCUT2D eigenvalue weighted by Gasteiger charge is 2.24. The fourth-order valence-electron chi connectivity index (χ4n) is 3.47. The highest BCUT2D eigenvalue weighted by atomic mass is 16.5. The second-order valence-corrected chi connectivity index (χ2v) is 6.62. The van der Waals surface area contributed by atoms with Crippen molar-refractivity contribution in [1.82, 2.24) is 14.8 Å². The number of morpholine rings is 1. The summed E-state index contributed by atoms with van der Waals surface area (Å²) in [5.41, 5.74) is 1.02. The van der Waals surface area contributed by atoms with E-state index in [1.54, 1.807) is 0 Å².